The number of amides is 1. The van der Waals surface area contributed by atoms with Crippen LogP contribution in [0.5, 0.6) is 11.5 Å². The van der Waals surface area contributed by atoms with Gasteiger partial charge in [-0.2, -0.15) is 0 Å². The van der Waals surface area contributed by atoms with E-state index in [0.717, 1.165) is 29.8 Å². The van der Waals surface area contributed by atoms with Crippen LogP contribution in [0.1, 0.15) is 40.5 Å². The van der Waals surface area contributed by atoms with Gasteiger partial charge < -0.3 is 14.8 Å². The molecule has 0 atom stereocenters. The molecule has 3 aromatic rings. The van der Waals surface area contributed by atoms with Crippen molar-refractivity contribution >= 4 is 5.91 Å². The minimum absolute atomic E-state index is 0.186. The lowest BCUT2D eigenvalue weighted by atomic mass is 10.1. The third kappa shape index (κ3) is 4.08. The summed E-state index contributed by atoms with van der Waals surface area (Å²) in [5.74, 6) is 1.52. The van der Waals surface area contributed by atoms with Crippen LogP contribution in [0.2, 0.25) is 0 Å². The number of ether oxygens (including phenoxy) is 2. The molecule has 2 aromatic carbocycles. The Bertz CT molecular complexity index is 997. The van der Waals surface area contributed by atoms with Gasteiger partial charge in [-0.1, -0.05) is 29.5 Å². The van der Waals surface area contributed by atoms with Gasteiger partial charge in [-0.3, -0.25) is 4.79 Å². The first-order chi connectivity index (χ1) is 14.2. The van der Waals surface area contributed by atoms with Crippen LogP contribution in [0.3, 0.4) is 0 Å². The van der Waals surface area contributed by atoms with Gasteiger partial charge in [0.05, 0.1) is 25.6 Å². The first-order valence-corrected chi connectivity index (χ1v) is 9.71. The molecule has 1 fully saturated rings. The maximum atomic E-state index is 12.8. The number of nitrogens with zero attached hydrogens (tertiary/aromatic N) is 3. The van der Waals surface area contributed by atoms with Crippen LogP contribution in [0, 0.1) is 0 Å². The molecule has 7 heteroatoms. The van der Waals surface area contributed by atoms with E-state index in [1.807, 2.05) is 48.5 Å². The quantitative estimate of drug-likeness (QED) is 0.637. The zero-order chi connectivity index (χ0) is 20.2. The third-order valence-electron chi connectivity index (χ3n) is 5.03. The Labute approximate surface area is 169 Å². The number of carbonyl (C=O) groups is 1. The normalized spacial score (nSPS) is 13.2. The van der Waals surface area contributed by atoms with Gasteiger partial charge in [0.25, 0.3) is 5.91 Å². The molecule has 4 rings (SSSR count). The van der Waals surface area contributed by atoms with Crippen molar-refractivity contribution in [3.63, 3.8) is 0 Å². The molecular formula is C22H24N4O3. The van der Waals surface area contributed by atoms with E-state index in [9.17, 15) is 4.79 Å². The van der Waals surface area contributed by atoms with Crippen molar-refractivity contribution in [2.24, 2.45) is 0 Å². The minimum atomic E-state index is -0.186. The Hall–Kier alpha value is -3.35. The van der Waals surface area contributed by atoms with E-state index in [1.54, 1.807) is 18.9 Å². The van der Waals surface area contributed by atoms with E-state index in [0.29, 0.717) is 36.1 Å². The molecule has 1 heterocycles. The van der Waals surface area contributed by atoms with Crippen molar-refractivity contribution in [3.05, 3.63) is 65.5 Å². The topological polar surface area (TPSA) is 78.3 Å². The Kier molecular flexibility index (Phi) is 5.46. The minimum Gasteiger partial charge on any atom is -0.493 e. The van der Waals surface area contributed by atoms with Crippen molar-refractivity contribution in [2.75, 3.05) is 20.8 Å². The number of hydrogen-bond donors (Lipinski definition) is 1. The Morgan fingerprint density at radius 1 is 1.10 bits per heavy atom. The highest BCUT2D eigenvalue weighted by Crippen LogP contribution is 2.41. The SMILES string of the molecule is COc1ccc(CCNC(=O)c2nnn(-c3ccccc3)c2C2CC2)cc1OC. The predicted octanol–water partition coefficient (Wildman–Crippen LogP) is 3.13. The molecule has 0 bridgehead atoms. The zero-order valence-corrected chi connectivity index (χ0v) is 16.6. The lowest BCUT2D eigenvalue weighted by molar-refractivity contribution is 0.0948. The molecule has 1 saturated carbocycles. The molecule has 1 aliphatic rings. The van der Waals surface area contributed by atoms with Crippen LogP contribution >= 0.6 is 0 Å². The summed E-state index contributed by atoms with van der Waals surface area (Å²) in [6.07, 6.45) is 2.80. The molecule has 0 unspecified atom stereocenters. The fourth-order valence-corrected chi connectivity index (χ4v) is 3.37. The van der Waals surface area contributed by atoms with E-state index in [4.69, 9.17) is 9.47 Å². The lowest BCUT2D eigenvalue weighted by Crippen LogP contribution is -2.27. The molecule has 0 aliphatic heterocycles. The zero-order valence-electron chi connectivity index (χ0n) is 16.6. The number of methoxy groups -OCH3 is 2. The number of hydrogen-bond acceptors (Lipinski definition) is 5. The summed E-state index contributed by atoms with van der Waals surface area (Å²) < 4.78 is 12.4. The van der Waals surface area contributed by atoms with Gasteiger partial charge in [-0.05, 0) is 49.1 Å². The molecule has 1 aromatic heterocycles. The van der Waals surface area contributed by atoms with Crippen LogP contribution in [0.4, 0.5) is 0 Å². The molecule has 0 saturated heterocycles. The lowest BCUT2D eigenvalue weighted by Gasteiger charge is -2.10. The van der Waals surface area contributed by atoms with Gasteiger partial charge in [0.15, 0.2) is 17.2 Å². The summed E-state index contributed by atoms with van der Waals surface area (Å²) in [6.45, 7) is 0.497. The van der Waals surface area contributed by atoms with Crippen molar-refractivity contribution in [1.29, 1.82) is 0 Å². The number of carbonyl (C=O) groups excluding carboxylic acids is 1. The number of benzene rings is 2. The van der Waals surface area contributed by atoms with Gasteiger partial charge in [0.1, 0.15) is 0 Å². The fourth-order valence-electron chi connectivity index (χ4n) is 3.37. The average Bonchev–Trinajstić information content (AvgIpc) is 3.51. The summed E-state index contributed by atoms with van der Waals surface area (Å²) in [6, 6.07) is 15.6. The van der Waals surface area contributed by atoms with E-state index in [2.05, 4.69) is 15.6 Å². The first kappa shape index (κ1) is 19.0. The van der Waals surface area contributed by atoms with Crippen LogP contribution < -0.4 is 14.8 Å². The van der Waals surface area contributed by atoms with Crippen LogP contribution in [-0.2, 0) is 6.42 Å². The summed E-state index contributed by atoms with van der Waals surface area (Å²) in [4.78, 5) is 12.8. The van der Waals surface area contributed by atoms with Gasteiger partial charge in [-0.15, -0.1) is 5.10 Å². The molecule has 29 heavy (non-hydrogen) atoms. The Balaban J connectivity index is 1.45. The monoisotopic (exact) mass is 392 g/mol. The highest BCUT2D eigenvalue weighted by molar-refractivity contribution is 5.93. The van der Waals surface area contributed by atoms with Crippen molar-refractivity contribution in [1.82, 2.24) is 20.3 Å². The smallest absolute Gasteiger partial charge is 0.273 e. The second kappa shape index (κ2) is 8.34. The van der Waals surface area contributed by atoms with Crippen molar-refractivity contribution in [3.8, 4) is 17.2 Å². The van der Waals surface area contributed by atoms with Crippen molar-refractivity contribution in [2.45, 2.75) is 25.2 Å². The van der Waals surface area contributed by atoms with E-state index >= 15 is 0 Å². The molecule has 7 nitrogen and oxygen atoms in total. The summed E-state index contributed by atoms with van der Waals surface area (Å²) in [5, 5.41) is 11.4. The molecule has 150 valence electrons. The summed E-state index contributed by atoms with van der Waals surface area (Å²) in [7, 11) is 3.22. The summed E-state index contributed by atoms with van der Waals surface area (Å²) >= 11 is 0. The highest BCUT2D eigenvalue weighted by Gasteiger charge is 2.34. The fraction of sp³-hybridized carbons (Fsp3) is 0.318. The third-order valence-corrected chi connectivity index (χ3v) is 5.03. The second-order valence-electron chi connectivity index (χ2n) is 7.04. The summed E-state index contributed by atoms with van der Waals surface area (Å²) in [5.41, 5.74) is 3.30. The second-order valence-corrected chi connectivity index (χ2v) is 7.04. The standard InChI is InChI=1S/C22H24N4O3/c1-28-18-11-8-15(14-19(18)29-2)12-13-23-22(27)20-21(16-9-10-16)26(25-24-20)17-6-4-3-5-7-17/h3-8,11,14,16H,9-10,12-13H2,1-2H3,(H,23,27). The van der Waals surface area contributed by atoms with Gasteiger partial charge >= 0.3 is 0 Å². The van der Waals surface area contributed by atoms with E-state index in [-0.39, 0.29) is 5.91 Å². The predicted molar refractivity (Wildman–Crippen MR) is 109 cm³/mol. The van der Waals surface area contributed by atoms with E-state index in [1.165, 1.54) is 0 Å². The van der Waals surface area contributed by atoms with Crippen LogP contribution in [-0.4, -0.2) is 41.7 Å². The van der Waals surface area contributed by atoms with Gasteiger partial charge in [0.2, 0.25) is 0 Å². The van der Waals surface area contributed by atoms with Crippen LogP contribution in [0.25, 0.3) is 5.69 Å². The van der Waals surface area contributed by atoms with Gasteiger partial charge in [-0.25, -0.2) is 4.68 Å². The molecule has 1 N–H and O–H groups in total. The number of aromatic nitrogens is 3. The molecule has 0 radical (unpaired) electrons. The van der Waals surface area contributed by atoms with E-state index < -0.39 is 0 Å². The Morgan fingerprint density at radius 3 is 2.55 bits per heavy atom. The molecule has 1 aliphatic carbocycles. The number of para-hydroxylation sites is 1. The molecular weight excluding hydrogens is 368 g/mol. The largest absolute Gasteiger partial charge is 0.493 e. The maximum Gasteiger partial charge on any atom is 0.273 e. The average molecular weight is 392 g/mol. The maximum absolute atomic E-state index is 12.8. The Morgan fingerprint density at radius 2 is 1.86 bits per heavy atom. The number of rotatable bonds is 8. The first-order valence-electron chi connectivity index (χ1n) is 9.71. The molecule has 0 spiro atoms. The van der Waals surface area contributed by atoms with Gasteiger partial charge in [0, 0.05) is 12.5 Å². The highest BCUT2D eigenvalue weighted by atomic mass is 16.5. The number of nitrogens with one attached hydrogen (secondary N) is 1. The van der Waals surface area contributed by atoms with Crippen molar-refractivity contribution < 1.29 is 14.3 Å². The van der Waals surface area contributed by atoms with Crippen LogP contribution in [0.15, 0.2) is 48.5 Å². The molecule has 1 amide bonds.